The minimum absolute atomic E-state index is 0.0632. The Kier molecular flexibility index (Phi) is 4.45. The van der Waals surface area contributed by atoms with E-state index in [1.54, 1.807) is 13.1 Å². The molecule has 4 nitrogen and oxygen atoms in total. The fourth-order valence-electron chi connectivity index (χ4n) is 2.16. The molecule has 0 fully saturated rings. The Morgan fingerprint density at radius 1 is 1.25 bits per heavy atom. The van der Waals surface area contributed by atoms with Gasteiger partial charge in [0.1, 0.15) is 5.82 Å². The van der Waals surface area contributed by atoms with Crippen LogP contribution in [0.25, 0.3) is 11.3 Å². The van der Waals surface area contributed by atoms with Crippen molar-refractivity contribution in [3.63, 3.8) is 0 Å². The van der Waals surface area contributed by atoms with E-state index in [1.165, 1.54) is 5.56 Å². The van der Waals surface area contributed by atoms with Gasteiger partial charge in [0, 0.05) is 17.3 Å². The zero-order valence-electron chi connectivity index (χ0n) is 11.8. The van der Waals surface area contributed by atoms with Crippen LogP contribution in [-0.4, -0.2) is 21.0 Å². The van der Waals surface area contributed by atoms with Gasteiger partial charge in [-0.3, -0.25) is 4.79 Å². The zero-order chi connectivity index (χ0) is 14.5. The van der Waals surface area contributed by atoms with Gasteiger partial charge in [-0.25, -0.2) is 9.97 Å². The molecule has 0 aliphatic heterocycles. The van der Waals surface area contributed by atoms with E-state index in [0.29, 0.717) is 17.1 Å². The molecule has 1 heterocycles. The number of nitrogens with zero attached hydrogens (tertiary/aromatic N) is 2. The third-order valence-corrected chi connectivity index (χ3v) is 3.09. The first kappa shape index (κ1) is 14.2. The fraction of sp³-hybridized carbons (Fsp3) is 0.312. The molecule has 0 bridgehead atoms. The van der Waals surface area contributed by atoms with Gasteiger partial charge in [-0.1, -0.05) is 37.6 Å². The monoisotopic (exact) mass is 270 g/mol. The summed E-state index contributed by atoms with van der Waals surface area (Å²) in [6.45, 7) is 3.95. The molecule has 1 N–H and O–H groups in total. The van der Waals surface area contributed by atoms with Crippen molar-refractivity contribution in [2.24, 2.45) is 0 Å². The number of aromatic nitrogens is 2. The maximum Gasteiger partial charge on any atom is 0.307 e. The molecule has 2 aromatic rings. The molecule has 0 radical (unpaired) electrons. The summed E-state index contributed by atoms with van der Waals surface area (Å²) in [5.74, 6) is -0.229. The normalized spacial score (nSPS) is 10.5. The second kappa shape index (κ2) is 6.28. The quantitative estimate of drug-likeness (QED) is 0.907. The maximum absolute atomic E-state index is 10.9. The Morgan fingerprint density at radius 3 is 2.55 bits per heavy atom. The molecular weight excluding hydrogens is 252 g/mol. The number of carboxylic acids is 1. The van der Waals surface area contributed by atoms with E-state index in [4.69, 9.17) is 5.11 Å². The molecule has 0 aliphatic carbocycles. The van der Waals surface area contributed by atoms with Gasteiger partial charge in [0.25, 0.3) is 0 Å². The number of aliphatic carboxylic acids is 1. The minimum Gasteiger partial charge on any atom is -0.481 e. The molecule has 0 spiro atoms. The Balaban J connectivity index is 2.39. The lowest BCUT2D eigenvalue weighted by Crippen LogP contribution is -2.05. The number of benzene rings is 1. The topological polar surface area (TPSA) is 63.1 Å². The van der Waals surface area contributed by atoms with Crippen LogP contribution >= 0.6 is 0 Å². The van der Waals surface area contributed by atoms with Crippen molar-refractivity contribution in [2.45, 2.75) is 33.1 Å². The van der Waals surface area contributed by atoms with E-state index in [0.717, 1.165) is 18.4 Å². The molecular formula is C16H18N2O2. The van der Waals surface area contributed by atoms with Crippen LogP contribution in [0.3, 0.4) is 0 Å². The van der Waals surface area contributed by atoms with Crippen LogP contribution in [0.5, 0.6) is 0 Å². The van der Waals surface area contributed by atoms with Crippen LogP contribution in [0.1, 0.15) is 30.3 Å². The van der Waals surface area contributed by atoms with Gasteiger partial charge in [0.15, 0.2) is 0 Å². The molecule has 104 valence electrons. The van der Waals surface area contributed by atoms with Crippen molar-refractivity contribution >= 4 is 5.97 Å². The lowest BCUT2D eigenvalue weighted by Gasteiger charge is -2.08. The molecule has 0 aliphatic rings. The van der Waals surface area contributed by atoms with E-state index in [-0.39, 0.29) is 6.42 Å². The largest absolute Gasteiger partial charge is 0.481 e. The SMILES string of the molecule is CCCc1ccc(-c2nc(C)ncc2CC(=O)O)cc1. The van der Waals surface area contributed by atoms with Crippen molar-refractivity contribution in [3.8, 4) is 11.3 Å². The van der Waals surface area contributed by atoms with Gasteiger partial charge >= 0.3 is 5.97 Å². The Morgan fingerprint density at radius 2 is 1.95 bits per heavy atom. The third kappa shape index (κ3) is 3.41. The molecule has 0 saturated heterocycles. The van der Waals surface area contributed by atoms with E-state index in [1.807, 2.05) is 12.1 Å². The van der Waals surface area contributed by atoms with Crippen molar-refractivity contribution in [1.29, 1.82) is 0 Å². The molecule has 0 saturated carbocycles. The van der Waals surface area contributed by atoms with Gasteiger partial charge in [0.2, 0.25) is 0 Å². The summed E-state index contributed by atoms with van der Waals surface area (Å²) >= 11 is 0. The Labute approximate surface area is 118 Å². The van der Waals surface area contributed by atoms with Crippen molar-refractivity contribution in [2.75, 3.05) is 0 Å². The predicted molar refractivity (Wildman–Crippen MR) is 77.5 cm³/mol. The highest BCUT2D eigenvalue weighted by atomic mass is 16.4. The number of rotatable bonds is 5. The summed E-state index contributed by atoms with van der Waals surface area (Å²) in [6.07, 6.45) is 3.69. The molecule has 1 aromatic carbocycles. The lowest BCUT2D eigenvalue weighted by molar-refractivity contribution is -0.136. The Hall–Kier alpha value is -2.23. The van der Waals surface area contributed by atoms with E-state index in [9.17, 15) is 4.79 Å². The van der Waals surface area contributed by atoms with Gasteiger partial charge in [-0.05, 0) is 18.9 Å². The van der Waals surface area contributed by atoms with Crippen LogP contribution in [0.4, 0.5) is 0 Å². The average Bonchev–Trinajstić information content (AvgIpc) is 2.42. The highest BCUT2D eigenvalue weighted by Gasteiger charge is 2.11. The fourth-order valence-corrected chi connectivity index (χ4v) is 2.16. The summed E-state index contributed by atoms with van der Waals surface area (Å²) in [6, 6.07) is 8.14. The van der Waals surface area contributed by atoms with Crippen molar-refractivity contribution in [3.05, 3.63) is 47.4 Å². The summed E-state index contributed by atoms with van der Waals surface area (Å²) in [4.78, 5) is 19.4. The zero-order valence-corrected chi connectivity index (χ0v) is 11.8. The second-order valence-corrected chi connectivity index (χ2v) is 4.81. The lowest BCUT2D eigenvalue weighted by atomic mass is 10.0. The molecule has 0 atom stereocenters. The van der Waals surface area contributed by atoms with Crippen LogP contribution in [0.15, 0.2) is 30.5 Å². The molecule has 0 amide bonds. The van der Waals surface area contributed by atoms with Gasteiger partial charge in [-0.2, -0.15) is 0 Å². The molecule has 1 aromatic heterocycles. The van der Waals surface area contributed by atoms with Gasteiger partial charge in [-0.15, -0.1) is 0 Å². The van der Waals surface area contributed by atoms with E-state index in [2.05, 4.69) is 29.0 Å². The number of hydrogen-bond acceptors (Lipinski definition) is 3. The van der Waals surface area contributed by atoms with Crippen LogP contribution in [-0.2, 0) is 17.6 Å². The van der Waals surface area contributed by atoms with Crippen molar-refractivity contribution < 1.29 is 9.90 Å². The number of carbonyl (C=O) groups is 1. The van der Waals surface area contributed by atoms with Gasteiger partial charge < -0.3 is 5.11 Å². The van der Waals surface area contributed by atoms with Crippen LogP contribution in [0.2, 0.25) is 0 Å². The molecule has 20 heavy (non-hydrogen) atoms. The average molecular weight is 270 g/mol. The third-order valence-electron chi connectivity index (χ3n) is 3.09. The summed E-state index contributed by atoms with van der Waals surface area (Å²) in [7, 11) is 0. The highest BCUT2D eigenvalue weighted by Crippen LogP contribution is 2.22. The predicted octanol–water partition coefficient (Wildman–Crippen LogP) is 3.03. The summed E-state index contributed by atoms with van der Waals surface area (Å²) in [5.41, 5.74) is 3.57. The summed E-state index contributed by atoms with van der Waals surface area (Å²) < 4.78 is 0. The van der Waals surface area contributed by atoms with Crippen LogP contribution < -0.4 is 0 Å². The first-order chi connectivity index (χ1) is 9.60. The molecule has 0 unspecified atom stereocenters. The summed E-state index contributed by atoms with van der Waals surface area (Å²) in [5, 5.41) is 8.97. The highest BCUT2D eigenvalue weighted by molar-refractivity contribution is 5.74. The maximum atomic E-state index is 10.9. The number of hydrogen-bond donors (Lipinski definition) is 1. The van der Waals surface area contributed by atoms with Crippen LogP contribution in [0, 0.1) is 6.92 Å². The van der Waals surface area contributed by atoms with E-state index >= 15 is 0 Å². The second-order valence-electron chi connectivity index (χ2n) is 4.81. The minimum atomic E-state index is -0.874. The van der Waals surface area contributed by atoms with Gasteiger partial charge in [0.05, 0.1) is 12.1 Å². The first-order valence-corrected chi connectivity index (χ1v) is 6.73. The first-order valence-electron chi connectivity index (χ1n) is 6.73. The standard InChI is InChI=1S/C16H18N2O2/c1-3-4-12-5-7-13(8-6-12)16-14(9-15(19)20)10-17-11(2)18-16/h5-8,10H,3-4,9H2,1-2H3,(H,19,20). The van der Waals surface area contributed by atoms with E-state index < -0.39 is 5.97 Å². The van der Waals surface area contributed by atoms with Crippen molar-refractivity contribution in [1.82, 2.24) is 9.97 Å². The number of aryl methyl sites for hydroxylation is 2. The molecule has 2 rings (SSSR count). The number of carboxylic acid groups (broad SMARTS) is 1. The molecule has 4 heteroatoms. The smallest absolute Gasteiger partial charge is 0.307 e. The Bertz CT molecular complexity index is 606.